The fourth-order valence-corrected chi connectivity index (χ4v) is 1.69. The van der Waals surface area contributed by atoms with Crippen LogP contribution >= 0.6 is 0 Å². The third-order valence-electron chi connectivity index (χ3n) is 2.54. The van der Waals surface area contributed by atoms with Gasteiger partial charge in [-0.1, -0.05) is 12.1 Å². The molecule has 5 heteroatoms. The van der Waals surface area contributed by atoms with E-state index < -0.39 is 0 Å². The van der Waals surface area contributed by atoms with Crippen LogP contribution in [-0.2, 0) is 0 Å². The van der Waals surface area contributed by atoms with Crippen LogP contribution in [0.5, 0.6) is 0 Å². The average molecular weight is 236 g/mol. The molecule has 0 radical (unpaired) electrons. The Balaban J connectivity index is 2.92. The summed E-state index contributed by atoms with van der Waals surface area (Å²) in [7, 11) is 0. The SMILES string of the molecule is CCCN(c1ccc(/C(N)=N/O)nc1)C(C)C. The Morgan fingerprint density at radius 2 is 2.24 bits per heavy atom. The second-order valence-electron chi connectivity index (χ2n) is 4.17. The molecule has 0 saturated carbocycles. The van der Waals surface area contributed by atoms with Gasteiger partial charge in [0.05, 0.1) is 11.9 Å². The van der Waals surface area contributed by atoms with Crippen LogP contribution in [-0.4, -0.2) is 28.6 Å². The van der Waals surface area contributed by atoms with Gasteiger partial charge in [-0.25, -0.2) is 0 Å². The molecule has 1 heterocycles. The van der Waals surface area contributed by atoms with E-state index in [1.807, 2.05) is 6.07 Å². The minimum Gasteiger partial charge on any atom is -0.409 e. The Labute approximate surface area is 102 Å². The third kappa shape index (κ3) is 3.34. The van der Waals surface area contributed by atoms with Crippen molar-refractivity contribution in [2.24, 2.45) is 10.9 Å². The molecule has 3 N–H and O–H groups in total. The zero-order chi connectivity index (χ0) is 12.8. The van der Waals surface area contributed by atoms with Crippen LogP contribution in [0.2, 0.25) is 0 Å². The minimum absolute atomic E-state index is 0.0307. The summed E-state index contributed by atoms with van der Waals surface area (Å²) in [5.41, 5.74) is 7.00. The number of hydrogen-bond acceptors (Lipinski definition) is 4. The predicted molar refractivity (Wildman–Crippen MR) is 69.5 cm³/mol. The van der Waals surface area contributed by atoms with Crippen LogP contribution in [0.1, 0.15) is 32.9 Å². The maximum atomic E-state index is 8.55. The molecule has 0 atom stereocenters. The molecule has 0 spiro atoms. The van der Waals surface area contributed by atoms with Crippen molar-refractivity contribution in [3.8, 4) is 0 Å². The Bertz CT molecular complexity index is 373. The molecule has 0 fully saturated rings. The molecule has 0 bridgehead atoms. The second-order valence-corrected chi connectivity index (χ2v) is 4.17. The maximum Gasteiger partial charge on any atom is 0.188 e. The van der Waals surface area contributed by atoms with E-state index in [1.54, 1.807) is 12.3 Å². The number of rotatable bonds is 5. The van der Waals surface area contributed by atoms with Crippen LogP contribution in [0, 0.1) is 0 Å². The first kappa shape index (κ1) is 13.3. The summed E-state index contributed by atoms with van der Waals surface area (Å²) < 4.78 is 0. The van der Waals surface area contributed by atoms with E-state index in [0.29, 0.717) is 11.7 Å². The van der Waals surface area contributed by atoms with Crippen molar-refractivity contribution < 1.29 is 5.21 Å². The lowest BCUT2D eigenvalue weighted by Crippen LogP contribution is -2.31. The number of aromatic nitrogens is 1. The highest BCUT2D eigenvalue weighted by Gasteiger charge is 2.10. The topological polar surface area (TPSA) is 74.7 Å². The molecule has 0 unspecified atom stereocenters. The second kappa shape index (κ2) is 6.08. The summed E-state index contributed by atoms with van der Waals surface area (Å²) in [5.74, 6) is 0.0307. The number of amidine groups is 1. The van der Waals surface area contributed by atoms with Crippen molar-refractivity contribution in [3.05, 3.63) is 24.0 Å². The van der Waals surface area contributed by atoms with Gasteiger partial charge < -0.3 is 15.8 Å². The summed E-state index contributed by atoms with van der Waals surface area (Å²) in [6, 6.07) is 4.12. The molecular weight excluding hydrogens is 216 g/mol. The van der Waals surface area contributed by atoms with Crippen molar-refractivity contribution in [2.45, 2.75) is 33.2 Å². The number of pyridine rings is 1. The number of oxime groups is 1. The van der Waals surface area contributed by atoms with Crippen molar-refractivity contribution in [3.63, 3.8) is 0 Å². The molecule has 94 valence electrons. The molecule has 5 nitrogen and oxygen atoms in total. The largest absolute Gasteiger partial charge is 0.409 e. The van der Waals surface area contributed by atoms with Gasteiger partial charge in [-0.15, -0.1) is 0 Å². The first-order valence-electron chi connectivity index (χ1n) is 5.80. The summed E-state index contributed by atoms with van der Waals surface area (Å²) >= 11 is 0. The van der Waals surface area contributed by atoms with E-state index in [9.17, 15) is 0 Å². The van der Waals surface area contributed by atoms with Gasteiger partial charge in [0.1, 0.15) is 5.69 Å². The summed E-state index contributed by atoms with van der Waals surface area (Å²) in [5, 5.41) is 11.5. The fourth-order valence-electron chi connectivity index (χ4n) is 1.69. The molecule has 0 aliphatic carbocycles. The minimum atomic E-state index is 0.0307. The number of nitrogens with zero attached hydrogens (tertiary/aromatic N) is 3. The number of nitrogens with two attached hydrogens (primary N) is 1. The van der Waals surface area contributed by atoms with Crippen LogP contribution in [0.15, 0.2) is 23.5 Å². The first-order chi connectivity index (χ1) is 8.10. The summed E-state index contributed by atoms with van der Waals surface area (Å²) in [6.07, 6.45) is 2.84. The molecule has 0 saturated heterocycles. The molecule has 0 aliphatic rings. The van der Waals surface area contributed by atoms with Crippen molar-refractivity contribution in [1.29, 1.82) is 0 Å². The zero-order valence-electron chi connectivity index (χ0n) is 10.6. The standard InChI is InChI=1S/C12H20N4O/c1-4-7-16(9(2)3)10-5-6-11(14-8-10)12(13)15-17/h5-6,8-9,17H,4,7H2,1-3H3,(H2,13,15). The molecule has 0 aromatic carbocycles. The fraction of sp³-hybridized carbons (Fsp3) is 0.500. The smallest absolute Gasteiger partial charge is 0.188 e. The lowest BCUT2D eigenvalue weighted by Gasteiger charge is -2.28. The van der Waals surface area contributed by atoms with E-state index in [1.165, 1.54) is 0 Å². The van der Waals surface area contributed by atoms with E-state index >= 15 is 0 Å². The first-order valence-corrected chi connectivity index (χ1v) is 5.80. The lowest BCUT2D eigenvalue weighted by molar-refractivity contribution is 0.318. The molecular formula is C12H20N4O. The van der Waals surface area contributed by atoms with Crippen LogP contribution in [0.25, 0.3) is 0 Å². The van der Waals surface area contributed by atoms with Gasteiger partial charge >= 0.3 is 0 Å². The van der Waals surface area contributed by atoms with Crippen molar-refractivity contribution >= 4 is 11.5 Å². The Hall–Kier alpha value is -1.78. The third-order valence-corrected chi connectivity index (χ3v) is 2.54. The van der Waals surface area contributed by atoms with Gasteiger partial charge in [-0.05, 0) is 32.4 Å². The van der Waals surface area contributed by atoms with Gasteiger partial charge in [0, 0.05) is 12.6 Å². The summed E-state index contributed by atoms with van der Waals surface area (Å²) in [6.45, 7) is 7.43. The van der Waals surface area contributed by atoms with Crippen LogP contribution < -0.4 is 10.6 Å². The maximum absolute atomic E-state index is 8.55. The highest BCUT2D eigenvalue weighted by atomic mass is 16.4. The molecule has 0 amide bonds. The van der Waals surface area contributed by atoms with Crippen LogP contribution in [0.3, 0.4) is 0 Å². The Morgan fingerprint density at radius 1 is 1.53 bits per heavy atom. The van der Waals surface area contributed by atoms with Gasteiger partial charge in [-0.2, -0.15) is 0 Å². The van der Waals surface area contributed by atoms with E-state index in [-0.39, 0.29) is 5.84 Å². The Kier molecular flexibility index (Phi) is 4.75. The molecule has 1 rings (SSSR count). The Morgan fingerprint density at radius 3 is 2.65 bits per heavy atom. The molecule has 17 heavy (non-hydrogen) atoms. The van der Waals surface area contributed by atoms with Crippen molar-refractivity contribution in [2.75, 3.05) is 11.4 Å². The van der Waals surface area contributed by atoms with E-state index in [4.69, 9.17) is 10.9 Å². The highest BCUT2D eigenvalue weighted by Crippen LogP contribution is 2.16. The van der Waals surface area contributed by atoms with Crippen molar-refractivity contribution in [1.82, 2.24) is 4.98 Å². The van der Waals surface area contributed by atoms with E-state index in [2.05, 4.69) is 35.8 Å². The summed E-state index contributed by atoms with van der Waals surface area (Å²) in [4.78, 5) is 6.44. The monoisotopic (exact) mass is 236 g/mol. The molecule has 1 aromatic rings. The zero-order valence-corrected chi connectivity index (χ0v) is 10.6. The van der Waals surface area contributed by atoms with Crippen LogP contribution in [0.4, 0.5) is 5.69 Å². The van der Waals surface area contributed by atoms with E-state index in [0.717, 1.165) is 18.7 Å². The number of anilines is 1. The highest BCUT2D eigenvalue weighted by molar-refractivity contribution is 5.95. The van der Waals surface area contributed by atoms with Gasteiger partial charge in [0.25, 0.3) is 0 Å². The van der Waals surface area contributed by atoms with Gasteiger partial charge in [0.2, 0.25) is 0 Å². The molecule has 0 aliphatic heterocycles. The number of hydrogen-bond donors (Lipinski definition) is 2. The lowest BCUT2D eigenvalue weighted by atomic mass is 10.2. The normalized spacial score (nSPS) is 11.9. The predicted octanol–water partition coefficient (Wildman–Crippen LogP) is 1.80. The average Bonchev–Trinajstić information content (AvgIpc) is 2.35. The molecule has 1 aromatic heterocycles. The van der Waals surface area contributed by atoms with Gasteiger partial charge in [-0.3, -0.25) is 4.98 Å². The quantitative estimate of drug-likeness (QED) is 0.354. The van der Waals surface area contributed by atoms with Gasteiger partial charge in [0.15, 0.2) is 5.84 Å².